The maximum atomic E-state index is 5.73. The summed E-state index contributed by atoms with van der Waals surface area (Å²) in [4.78, 5) is 4.75. The number of hydrogen-bond acceptors (Lipinski definition) is 7. The summed E-state index contributed by atoms with van der Waals surface area (Å²) in [5, 5.41) is 3.38. The molecule has 0 unspecified atom stereocenters. The van der Waals surface area contributed by atoms with Gasteiger partial charge in [0.05, 0.1) is 0 Å². The molecular weight excluding hydrogens is 344 g/mol. The summed E-state index contributed by atoms with van der Waals surface area (Å²) in [5.74, 6) is 1.65. The summed E-state index contributed by atoms with van der Waals surface area (Å²) in [6.07, 6.45) is 2.66. The van der Waals surface area contributed by atoms with E-state index >= 15 is 0 Å². The average Bonchev–Trinajstić information content (AvgIpc) is 3.07. The summed E-state index contributed by atoms with van der Waals surface area (Å²) < 4.78 is 0. The van der Waals surface area contributed by atoms with Gasteiger partial charge >= 0.3 is 0 Å². The van der Waals surface area contributed by atoms with Crippen molar-refractivity contribution in [2.75, 3.05) is 53.4 Å². The predicted molar refractivity (Wildman–Crippen MR) is 116 cm³/mol. The topological polar surface area (TPSA) is 44.5 Å². The third-order valence-electron chi connectivity index (χ3n) is 4.34. The van der Waals surface area contributed by atoms with E-state index in [-0.39, 0.29) is 7.43 Å². The van der Waals surface area contributed by atoms with Crippen LogP contribution in [0.4, 0.5) is 0 Å². The highest BCUT2D eigenvalue weighted by Gasteiger charge is 2.21. The smallest absolute Gasteiger partial charge is 0.00514 e. The van der Waals surface area contributed by atoms with Crippen molar-refractivity contribution in [1.82, 2.24) is 15.1 Å². The fraction of sp³-hybridized carbons (Fsp3) is 1.00. The van der Waals surface area contributed by atoms with Crippen LogP contribution in [0.1, 0.15) is 34.1 Å². The van der Waals surface area contributed by atoms with E-state index in [2.05, 4.69) is 66.4 Å². The molecule has 0 radical (unpaired) electrons. The number of thiol groups is 2. The first-order chi connectivity index (χ1) is 10.4. The van der Waals surface area contributed by atoms with Crippen LogP contribution < -0.4 is 11.1 Å². The zero-order valence-corrected chi connectivity index (χ0v) is 17.3. The average molecular weight is 385 g/mol. The Labute approximate surface area is 159 Å². The second-order valence-corrected chi connectivity index (χ2v) is 8.60. The lowest BCUT2D eigenvalue weighted by Crippen LogP contribution is -2.28. The SMILES string of the molecule is C.CCNC[C@@H]1CCN(C)C1.C[C@H](N)[C@@H]1CCN(C)C1.SSS. The van der Waals surface area contributed by atoms with Crippen LogP contribution in [0.2, 0.25) is 0 Å². The van der Waals surface area contributed by atoms with E-state index in [1.165, 1.54) is 45.6 Å². The molecule has 0 aromatic carbocycles. The minimum Gasteiger partial charge on any atom is -0.328 e. The van der Waals surface area contributed by atoms with Crippen LogP contribution >= 0.6 is 33.1 Å². The molecule has 0 saturated carbocycles. The van der Waals surface area contributed by atoms with Crippen LogP contribution in [0, 0.1) is 11.8 Å². The molecule has 2 heterocycles. The van der Waals surface area contributed by atoms with Gasteiger partial charge in [0.1, 0.15) is 0 Å². The van der Waals surface area contributed by atoms with E-state index in [9.17, 15) is 0 Å². The van der Waals surface area contributed by atoms with Gasteiger partial charge in [-0.2, -0.15) is 0 Å². The zero-order chi connectivity index (χ0) is 17.0. The zero-order valence-electron chi connectivity index (χ0n) is 14.7. The summed E-state index contributed by atoms with van der Waals surface area (Å²) in [7, 11) is 5.49. The van der Waals surface area contributed by atoms with Crippen LogP contribution in [-0.4, -0.2) is 69.2 Å². The van der Waals surface area contributed by atoms with Crippen molar-refractivity contribution in [3.05, 3.63) is 0 Å². The molecule has 0 amide bonds. The van der Waals surface area contributed by atoms with E-state index < -0.39 is 0 Å². The van der Waals surface area contributed by atoms with Gasteiger partial charge in [-0.15, -0.1) is 0 Å². The highest BCUT2D eigenvalue weighted by atomic mass is 33.5. The molecule has 0 aromatic heterocycles. The minimum absolute atomic E-state index is 0. The molecule has 3 N–H and O–H groups in total. The number of likely N-dealkylation sites (tertiary alicyclic amines) is 2. The number of nitrogens with one attached hydrogen (secondary N) is 1. The van der Waals surface area contributed by atoms with E-state index in [0.29, 0.717) is 6.04 Å². The van der Waals surface area contributed by atoms with Crippen LogP contribution in [-0.2, 0) is 0 Å². The quantitative estimate of drug-likeness (QED) is 0.443. The van der Waals surface area contributed by atoms with Gasteiger partial charge in [-0.3, -0.25) is 0 Å². The maximum Gasteiger partial charge on any atom is 0.00514 e. The fourth-order valence-electron chi connectivity index (χ4n) is 2.94. The van der Waals surface area contributed by atoms with Crippen LogP contribution in [0.5, 0.6) is 0 Å². The Balaban J connectivity index is 0. The van der Waals surface area contributed by atoms with Crippen LogP contribution in [0.15, 0.2) is 0 Å². The first kappa shape index (κ1) is 26.1. The number of hydrogen-bond donors (Lipinski definition) is 4. The minimum atomic E-state index is 0. The van der Waals surface area contributed by atoms with Gasteiger partial charge in [-0.1, -0.05) is 37.7 Å². The lowest BCUT2D eigenvalue weighted by atomic mass is 10.0. The van der Waals surface area contributed by atoms with Gasteiger partial charge in [-0.05, 0) is 81.7 Å². The third-order valence-corrected chi connectivity index (χ3v) is 4.34. The van der Waals surface area contributed by atoms with E-state index in [4.69, 9.17) is 5.73 Å². The standard InChI is InChI=1S/C8H18N2.C7H16N2.CH4.H2S3/c1-3-9-6-8-4-5-10(2)7-8;1-6(8)7-3-4-9(2)5-7;;1-3-2/h8-9H,3-7H2,1-2H3;6-7H,3-5,8H2,1-2H3;1H4;1-2H/t8-;6-,7+;;/m00../s1. The van der Waals surface area contributed by atoms with Crippen molar-refractivity contribution in [3.63, 3.8) is 0 Å². The van der Waals surface area contributed by atoms with Gasteiger partial charge in [0.2, 0.25) is 0 Å². The van der Waals surface area contributed by atoms with Gasteiger partial charge in [0.15, 0.2) is 0 Å². The Morgan fingerprint density at radius 2 is 1.70 bits per heavy atom. The molecule has 2 fully saturated rings. The summed E-state index contributed by atoms with van der Waals surface area (Å²) >= 11 is 7.14. The Morgan fingerprint density at radius 3 is 2.00 bits per heavy atom. The molecule has 0 bridgehead atoms. The Kier molecular flexibility index (Phi) is 18.6. The molecule has 2 aliphatic rings. The van der Waals surface area contributed by atoms with E-state index in [0.717, 1.165) is 28.2 Å². The Hall–Kier alpha value is 0.890. The molecular formula is C16H40N4S3. The van der Waals surface area contributed by atoms with E-state index in [1.54, 1.807) is 0 Å². The van der Waals surface area contributed by atoms with Crippen molar-refractivity contribution in [1.29, 1.82) is 0 Å². The normalized spacial score (nSPS) is 25.7. The highest BCUT2D eigenvalue weighted by Crippen LogP contribution is 2.16. The Bertz CT molecular complexity index is 257. The molecule has 142 valence electrons. The maximum absolute atomic E-state index is 5.73. The van der Waals surface area contributed by atoms with Crippen molar-refractivity contribution in [3.8, 4) is 0 Å². The summed E-state index contributed by atoms with van der Waals surface area (Å²) in [5.41, 5.74) is 5.73. The predicted octanol–water partition coefficient (Wildman–Crippen LogP) is 2.88. The van der Waals surface area contributed by atoms with Gasteiger partial charge < -0.3 is 20.9 Å². The monoisotopic (exact) mass is 384 g/mol. The molecule has 2 rings (SSSR count). The van der Waals surface area contributed by atoms with Crippen molar-refractivity contribution >= 4 is 33.1 Å². The van der Waals surface area contributed by atoms with Crippen LogP contribution in [0.25, 0.3) is 0 Å². The molecule has 23 heavy (non-hydrogen) atoms. The molecule has 2 saturated heterocycles. The van der Waals surface area contributed by atoms with Gasteiger partial charge in [-0.25, -0.2) is 0 Å². The molecule has 0 aromatic rings. The van der Waals surface area contributed by atoms with Crippen molar-refractivity contribution in [2.45, 2.75) is 40.2 Å². The first-order valence-corrected chi connectivity index (χ1v) is 11.1. The number of nitrogens with zero attached hydrogens (tertiary/aromatic N) is 2. The third kappa shape index (κ3) is 13.8. The largest absolute Gasteiger partial charge is 0.328 e. The lowest BCUT2D eigenvalue weighted by molar-refractivity contribution is 0.377. The van der Waals surface area contributed by atoms with Crippen LogP contribution in [0.3, 0.4) is 0 Å². The van der Waals surface area contributed by atoms with Gasteiger partial charge in [0.25, 0.3) is 0 Å². The number of nitrogens with two attached hydrogens (primary N) is 1. The summed E-state index contributed by atoms with van der Waals surface area (Å²) in [6, 6.07) is 0.384. The molecule has 3 atom stereocenters. The van der Waals surface area contributed by atoms with Crippen molar-refractivity contribution in [2.24, 2.45) is 17.6 Å². The van der Waals surface area contributed by atoms with E-state index in [1.807, 2.05) is 0 Å². The molecule has 2 aliphatic heterocycles. The second kappa shape index (κ2) is 16.4. The summed E-state index contributed by atoms with van der Waals surface area (Å²) in [6.45, 7) is 11.6. The first-order valence-electron chi connectivity index (χ1n) is 8.22. The van der Waals surface area contributed by atoms with Gasteiger partial charge in [0, 0.05) is 19.1 Å². The lowest BCUT2D eigenvalue weighted by Gasteiger charge is -2.13. The highest BCUT2D eigenvalue weighted by molar-refractivity contribution is 9.01. The van der Waals surface area contributed by atoms with Crippen molar-refractivity contribution < 1.29 is 0 Å². The second-order valence-electron chi connectivity index (χ2n) is 6.48. The molecule has 0 aliphatic carbocycles. The fourth-order valence-corrected chi connectivity index (χ4v) is 2.94. The molecule has 4 nitrogen and oxygen atoms in total. The Morgan fingerprint density at radius 1 is 1.17 bits per heavy atom. The molecule has 0 spiro atoms. The molecule has 7 heteroatoms. The number of rotatable bonds is 4.